The first-order chi connectivity index (χ1) is 8.78. The molecule has 0 amide bonds. The van der Waals surface area contributed by atoms with E-state index in [1.807, 2.05) is 32.9 Å². The number of fused-ring (bicyclic) bond motifs is 1. The second kappa shape index (κ2) is 5.08. The molecule has 19 heavy (non-hydrogen) atoms. The average Bonchev–Trinajstić information content (AvgIpc) is 2.28. The molecule has 0 saturated carbocycles. The molecular weight excluding hydrogens is 308 g/mol. The number of ether oxygens (including phenoxy) is 1. The van der Waals surface area contributed by atoms with Gasteiger partial charge in [-0.05, 0) is 51.3 Å². The quantitative estimate of drug-likeness (QED) is 0.586. The molecule has 1 aromatic carbocycles. The highest BCUT2D eigenvalue weighted by Gasteiger charge is 2.35. The largest absolute Gasteiger partial charge is 0.459 e. The predicted molar refractivity (Wildman–Crippen MR) is 76.1 cm³/mol. The molecule has 0 saturated heterocycles. The van der Waals surface area contributed by atoms with Crippen LogP contribution in [0.4, 0.5) is 0 Å². The van der Waals surface area contributed by atoms with E-state index in [0.29, 0.717) is 12.0 Å². The molecule has 2 rings (SSSR count). The van der Waals surface area contributed by atoms with Gasteiger partial charge in [-0.1, -0.05) is 22.0 Å². The zero-order chi connectivity index (χ0) is 14.2. The zero-order valence-corrected chi connectivity index (χ0v) is 12.9. The van der Waals surface area contributed by atoms with Crippen molar-refractivity contribution in [3.05, 3.63) is 33.8 Å². The summed E-state index contributed by atoms with van der Waals surface area (Å²) in [5, 5.41) is 0. The fraction of sp³-hybridized carbons (Fsp3) is 0.467. The Balaban J connectivity index is 2.24. The maximum absolute atomic E-state index is 12.4. The van der Waals surface area contributed by atoms with Crippen LogP contribution < -0.4 is 0 Å². The molecule has 0 fully saturated rings. The third-order valence-corrected chi connectivity index (χ3v) is 3.54. The molecule has 1 unspecified atom stereocenters. The van der Waals surface area contributed by atoms with Crippen molar-refractivity contribution < 1.29 is 14.3 Å². The highest BCUT2D eigenvalue weighted by molar-refractivity contribution is 9.10. The van der Waals surface area contributed by atoms with Gasteiger partial charge in [0.05, 0.1) is 0 Å². The van der Waals surface area contributed by atoms with Gasteiger partial charge in [0.15, 0.2) is 5.78 Å². The van der Waals surface area contributed by atoms with Crippen molar-refractivity contribution in [3.63, 3.8) is 0 Å². The Kier molecular flexibility index (Phi) is 3.81. The lowest BCUT2D eigenvalue weighted by molar-refractivity contribution is -0.158. The summed E-state index contributed by atoms with van der Waals surface area (Å²) in [6, 6.07) is 5.64. The minimum Gasteiger partial charge on any atom is -0.459 e. The Morgan fingerprint density at radius 3 is 2.68 bits per heavy atom. The molecular formula is C15H17BrO3. The van der Waals surface area contributed by atoms with Crippen LogP contribution in [0.1, 0.15) is 43.1 Å². The van der Waals surface area contributed by atoms with Crippen molar-refractivity contribution in [2.75, 3.05) is 0 Å². The number of Topliss-reactive ketones (excluding diaryl/α,β-unsaturated/α-hetero) is 1. The first-order valence-electron chi connectivity index (χ1n) is 6.33. The van der Waals surface area contributed by atoms with Gasteiger partial charge in [0.25, 0.3) is 0 Å². The van der Waals surface area contributed by atoms with Gasteiger partial charge >= 0.3 is 5.97 Å². The van der Waals surface area contributed by atoms with Gasteiger partial charge in [0.1, 0.15) is 11.5 Å². The topological polar surface area (TPSA) is 43.4 Å². The Hall–Kier alpha value is -1.16. The highest BCUT2D eigenvalue weighted by Crippen LogP contribution is 2.29. The number of ketones is 1. The Morgan fingerprint density at radius 1 is 1.37 bits per heavy atom. The summed E-state index contributed by atoms with van der Waals surface area (Å²) in [6.45, 7) is 5.42. The van der Waals surface area contributed by atoms with E-state index < -0.39 is 17.5 Å². The lowest BCUT2D eigenvalue weighted by atomic mass is 9.83. The number of benzene rings is 1. The second-order valence-corrected chi connectivity index (χ2v) is 6.71. The molecule has 0 aromatic heterocycles. The molecule has 1 aromatic rings. The summed E-state index contributed by atoms with van der Waals surface area (Å²) in [5.41, 5.74) is 1.08. The van der Waals surface area contributed by atoms with E-state index in [4.69, 9.17) is 4.74 Å². The molecule has 1 aliphatic carbocycles. The lowest BCUT2D eigenvalue weighted by Gasteiger charge is -2.26. The van der Waals surface area contributed by atoms with Crippen LogP contribution in [0, 0.1) is 5.92 Å². The summed E-state index contributed by atoms with van der Waals surface area (Å²) in [7, 11) is 0. The van der Waals surface area contributed by atoms with Gasteiger partial charge in [-0.25, -0.2) is 0 Å². The molecule has 4 heteroatoms. The summed E-state index contributed by atoms with van der Waals surface area (Å²) >= 11 is 3.36. The number of carbonyl (C=O) groups is 2. The number of hydrogen-bond donors (Lipinski definition) is 0. The van der Waals surface area contributed by atoms with Gasteiger partial charge < -0.3 is 4.74 Å². The molecule has 1 atom stereocenters. The summed E-state index contributed by atoms with van der Waals surface area (Å²) < 4.78 is 6.17. The molecule has 0 aliphatic heterocycles. The fourth-order valence-electron chi connectivity index (χ4n) is 2.21. The Morgan fingerprint density at radius 2 is 2.05 bits per heavy atom. The van der Waals surface area contributed by atoms with E-state index in [-0.39, 0.29) is 5.78 Å². The van der Waals surface area contributed by atoms with Crippen LogP contribution >= 0.6 is 15.9 Å². The first-order valence-corrected chi connectivity index (χ1v) is 7.13. The number of halogens is 1. The second-order valence-electron chi connectivity index (χ2n) is 5.79. The van der Waals surface area contributed by atoms with E-state index >= 15 is 0 Å². The van der Waals surface area contributed by atoms with Crippen molar-refractivity contribution in [2.24, 2.45) is 5.92 Å². The van der Waals surface area contributed by atoms with Crippen LogP contribution in [0.2, 0.25) is 0 Å². The fourth-order valence-corrected chi connectivity index (χ4v) is 2.57. The third kappa shape index (κ3) is 3.24. The van der Waals surface area contributed by atoms with Crippen LogP contribution in [-0.4, -0.2) is 17.4 Å². The van der Waals surface area contributed by atoms with Crippen molar-refractivity contribution in [2.45, 2.75) is 39.2 Å². The summed E-state index contributed by atoms with van der Waals surface area (Å²) in [5.74, 6) is -1.21. The summed E-state index contributed by atoms with van der Waals surface area (Å²) in [6.07, 6.45) is 1.26. The van der Waals surface area contributed by atoms with Crippen LogP contribution in [0.25, 0.3) is 0 Å². The molecule has 1 aliphatic rings. The first kappa shape index (κ1) is 14.3. The molecule has 0 spiro atoms. The van der Waals surface area contributed by atoms with Crippen molar-refractivity contribution >= 4 is 27.7 Å². The number of esters is 1. The van der Waals surface area contributed by atoms with Crippen LogP contribution in [0.15, 0.2) is 22.7 Å². The highest BCUT2D eigenvalue weighted by atomic mass is 79.9. The molecule has 0 bridgehead atoms. The van der Waals surface area contributed by atoms with Gasteiger partial charge in [0.2, 0.25) is 0 Å². The third-order valence-electron chi connectivity index (χ3n) is 3.05. The van der Waals surface area contributed by atoms with Crippen molar-refractivity contribution in [1.29, 1.82) is 0 Å². The maximum atomic E-state index is 12.4. The van der Waals surface area contributed by atoms with Crippen molar-refractivity contribution in [1.82, 2.24) is 0 Å². The lowest BCUT2D eigenvalue weighted by Crippen LogP contribution is -2.35. The average molecular weight is 325 g/mol. The minimum absolute atomic E-state index is 0.128. The van der Waals surface area contributed by atoms with Crippen molar-refractivity contribution in [3.8, 4) is 0 Å². The van der Waals surface area contributed by atoms with Gasteiger partial charge in [-0.15, -0.1) is 0 Å². The van der Waals surface area contributed by atoms with E-state index in [2.05, 4.69) is 15.9 Å². The molecule has 0 heterocycles. The normalized spacial score (nSPS) is 18.9. The van der Waals surface area contributed by atoms with Gasteiger partial charge in [-0.3, -0.25) is 9.59 Å². The van der Waals surface area contributed by atoms with E-state index in [1.54, 1.807) is 6.07 Å². The summed E-state index contributed by atoms with van der Waals surface area (Å²) in [4.78, 5) is 24.4. The monoisotopic (exact) mass is 324 g/mol. The van der Waals surface area contributed by atoms with Crippen LogP contribution in [-0.2, 0) is 16.0 Å². The molecule has 3 nitrogen and oxygen atoms in total. The standard InChI is InChI=1S/C15H17BrO3/c1-15(2,3)19-14(18)11-7-5-9-4-6-10(16)8-12(9)13(11)17/h4,6,8,11H,5,7H2,1-3H3. The van der Waals surface area contributed by atoms with Crippen LogP contribution in [0.3, 0.4) is 0 Å². The zero-order valence-electron chi connectivity index (χ0n) is 11.3. The Bertz CT molecular complexity index is 529. The van der Waals surface area contributed by atoms with E-state index in [9.17, 15) is 9.59 Å². The minimum atomic E-state index is -0.666. The smallest absolute Gasteiger partial charge is 0.317 e. The van der Waals surface area contributed by atoms with Gasteiger partial charge in [-0.2, -0.15) is 0 Å². The molecule has 0 radical (unpaired) electrons. The molecule has 102 valence electrons. The molecule has 0 N–H and O–H groups in total. The number of aryl methyl sites for hydroxylation is 1. The number of hydrogen-bond acceptors (Lipinski definition) is 3. The van der Waals surface area contributed by atoms with Gasteiger partial charge in [0, 0.05) is 10.0 Å². The number of carbonyl (C=O) groups excluding carboxylic acids is 2. The number of rotatable bonds is 1. The SMILES string of the molecule is CC(C)(C)OC(=O)C1CCc2ccc(Br)cc2C1=O. The predicted octanol–water partition coefficient (Wildman–Crippen LogP) is 3.54. The Labute approximate surface area is 121 Å². The van der Waals surface area contributed by atoms with Crippen LogP contribution in [0.5, 0.6) is 0 Å². The van der Waals surface area contributed by atoms with E-state index in [1.165, 1.54) is 0 Å². The van der Waals surface area contributed by atoms with E-state index in [0.717, 1.165) is 16.5 Å². The maximum Gasteiger partial charge on any atom is 0.317 e.